The number of anilines is 1. The van der Waals surface area contributed by atoms with E-state index < -0.39 is 6.09 Å². The molecule has 1 aromatic rings. The molecule has 0 fully saturated rings. The Morgan fingerprint density at radius 1 is 1.22 bits per heavy atom. The lowest BCUT2D eigenvalue weighted by atomic mass is 9.82. The third-order valence-corrected chi connectivity index (χ3v) is 3.13. The Labute approximate surface area is 144 Å². The van der Waals surface area contributed by atoms with Crippen LogP contribution in [0.25, 0.3) is 0 Å². The SMILES string of the molecule is CNC(=O)Oc1cccc(NC(=S)NC(C)(C)CC(C)(C)C)c1. The maximum absolute atomic E-state index is 11.2. The summed E-state index contributed by atoms with van der Waals surface area (Å²) in [4.78, 5) is 11.2. The van der Waals surface area contributed by atoms with E-state index in [1.165, 1.54) is 7.05 Å². The van der Waals surface area contributed by atoms with Crippen LogP contribution >= 0.6 is 12.2 Å². The number of rotatable bonds is 4. The molecule has 0 aliphatic rings. The van der Waals surface area contributed by atoms with Crippen molar-refractivity contribution in [3.63, 3.8) is 0 Å². The summed E-state index contributed by atoms with van der Waals surface area (Å²) in [6.07, 6.45) is 0.468. The molecule has 0 heterocycles. The van der Waals surface area contributed by atoms with E-state index >= 15 is 0 Å². The fourth-order valence-electron chi connectivity index (χ4n) is 2.64. The number of carbonyl (C=O) groups excluding carboxylic acids is 1. The van der Waals surface area contributed by atoms with Gasteiger partial charge in [-0.1, -0.05) is 26.8 Å². The Bertz CT molecular complexity index is 565. The molecule has 0 atom stereocenters. The monoisotopic (exact) mass is 337 g/mol. The normalized spacial score (nSPS) is 11.6. The minimum atomic E-state index is -0.505. The van der Waals surface area contributed by atoms with Crippen molar-refractivity contribution in [2.24, 2.45) is 5.41 Å². The number of hydrogen-bond donors (Lipinski definition) is 3. The Morgan fingerprint density at radius 2 is 1.87 bits per heavy atom. The van der Waals surface area contributed by atoms with Crippen molar-refractivity contribution in [1.82, 2.24) is 10.6 Å². The van der Waals surface area contributed by atoms with Gasteiger partial charge in [0.15, 0.2) is 5.11 Å². The summed E-state index contributed by atoms with van der Waals surface area (Å²) < 4.78 is 5.10. The first kappa shape index (κ1) is 19.2. The van der Waals surface area contributed by atoms with Gasteiger partial charge in [-0.3, -0.25) is 0 Å². The average molecular weight is 337 g/mol. The molecule has 0 aliphatic heterocycles. The second-order valence-electron chi connectivity index (χ2n) is 7.37. The summed E-state index contributed by atoms with van der Waals surface area (Å²) in [6.45, 7) is 10.8. The van der Waals surface area contributed by atoms with Crippen LogP contribution in [0.4, 0.5) is 10.5 Å². The molecule has 0 saturated carbocycles. The standard InChI is InChI=1S/C17H27N3O2S/c1-16(2,3)11-17(4,5)20-14(23)19-12-8-7-9-13(10-12)22-15(21)18-6/h7-10H,11H2,1-6H3,(H,18,21)(H2,19,20,23). The maximum Gasteiger partial charge on any atom is 0.412 e. The van der Waals surface area contributed by atoms with Crippen molar-refractivity contribution in [1.29, 1.82) is 0 Å². The molecule has 0 saturated heterocycles. The molecule has 23 heavy (non-hydrogen) atoms. The molecule has 3 N–H and O–H groups in total. The van der Waals surface area contributed by atoms with Crippen LogP contribution in [0, 0.1) is 5.41 Å². The van der Waals surface area contributed by atoms with Crippen molar-refractivity contribution >= 4 is 29.1 Å². The molecule has 5 nitrogen and oxygen atoms in total. The fraction of sp³-hybridized carbons (Fsp3) is 0.529. The van der Waals surface area contributed by atoms with Gasteiger partial charge in [0, 0.05) is 24.3 Å². The minimum absolute atomic E-state index is 0.126. The smallest absolute Gasteiger partial charge is 0.410 e. The first-order valence-corrected chi connectivity index (χ1v) is 8.00. The van der Waals surface area contributed by atoms with E-state index in [1.54, 1.807) is 18.2 Å². The molecule has 6 heteroatoms. The average Bonchev–Trinajstić information content (AvgIpc) is 2.34. The minimum Gasteiger partial charge on any atom is -0.410 e. The molecule has 1 aromatic carbocycles. The summed E-state index contributed by atoms with van der Waals surface area (Å²) in [5, 5.41) is 9.40. The molecule has 128 valence electrons. The zero-order valence-electron chi connectivity index (χ0n) is 14.7. The van der Waals surface area contributed by atoms with Crippen LogP contribution in [0.5, 0.6) is 5.75 Å². The number of hydrogen-bond acceptors (Lipinski definition) is 3. The highest BCUT2D eigenvalue weighted by atomic mass is 32.1. The zero-order valence-corrected chi connectivity index (χ0v) is 15.6. The predicted molar refractivity (Wildman–Crippen MR) is 99.0 cm³/mol. The van der Waals surface area contributed by atoms with Crippen LogP contribution in [0.3, 0.4) is 0 Å². The topological polar surface area (TPSA) is 62.4 Å². The molecule has 0 spiro atoms. The van der Waals surface area contributed by atoms with E-state index in [0.29, 0.717) is 10.9 Å². The van der Waals surface area contributed by atoms with E-state index in [1.807, 2.05) is 6.07 Å². The first-order chi connectivity index (χ1) is 10.5. The van der Waals surface area contributed by atoms with E-state index in [-0.39, 0.29) is 11.0 Å². The van der Waals surface area contributed by atoms with Gasteiger partial charge in [-0.25, -0.2) is 4.79 Å². The molecule has 0 unspecified atom stereocenters. The number of thiocarbonyl (C=S) groups is 1. The summed E-state index contributed by atoms with van der Waals surface area (Å²) in [6, 6.07) is 7.09. The molecule has 0 aliphatic carbocycles. The number of amides is 1. The molecule has 1 amide bonds. The summed E-state index contributed by atoms with van der Waals surface area (Å²) >= 11 is 5.38. The Balaban J connectivity index is 2.67. The van der Waals surface area contributed by atoms with Gasteiger partial charge in [-0.2, -0.15) is 0 Å². The van der Waals surface area contributed by atoms with Crippen molar-refractivity contribution in [2.45, 2.75) is 46.6 Å². The fourth-order valence-corrected chi connectivity index (χ4v) is 3.03. The van der Waals surface area contributed by atoms with Crippen LogP contribution in [0.15, 0.2) is 24.3 Å². The highest BCUT2D eigenvalue weighted by Gasteiger charge is 2.25. The summed E-state index contributed by atoms with van der Waals surface area (Å²) in [7, 11) is 1.51. The first-order valence-electron chi connectivity index (χ1n) is 7.59. The van der Waals surface area contributed by atoms with E-state index in [4.69, 9.17) is 17.0 Å². The largest absolute Gasteiger partial charge is 0.412 e. The lowest BCUT2D eigenvalue weighted by molar-refractivity contribution is 0.203. The predicted octanol–water partition coefficient (Wildman–Crippen LogP) is 3.91. The van der Waals surface area contributed by atoms with Crippen LogP contribution < -0.4 is 20.7 Å². The van der Waals surface area contributed by atoms with Gasteiger partial charge in [0.25, 0.3) is 0 Å². The third-order valence-electron chi connectivity index (χ3n) is 2.93. The Hall–Kier alpha value is -1.82. The van der Waals surface area contributed by atoms with Crippen LogP contribution in [0.1, 0.15) is 41.0 Å². The molecular formula is C17H27N3O2S. The molecular weight excluding hydrogens is 310 g/mol. The molecule has 0 bridgehead atoms. The lowest BCUT2D eigenvalue weighted by Gasteiger charge is -2.34. The highest BCUT2D eigenvalue weighted by Crippen LogP contribution is 2.27. The van der Waals surface area contributed by atoms with Gasteiger partial charge in [0.1, 0.15) is 5.75 Å². The Kier molecular flexibility index (Phi) is 6.38. The van der Waals surface area contributed by atoms with E-state index in [9.17, 15) is 4.79 Å². The molecule has 1 rings (SSSR count). The lowest BCUT2D eigenvalue weighted by Crippen LogP contribution is -2.47. The second kappa shape index (κ2) is 7.64. The van der Waals surface area contributed by atoms with Crippen LogP contribution in [-0.2, 0) is 0 Å². The van der Waals surface area contributed by atoms with Crippen LogP contribution in [-0.4, -0.2) is 23.8 Å². The van der Waals surface area contributed by atoms with Crippen molar-refractivity contribution in [3.8, 4) is 5.75 Å². The van der Waals surface area contributed by atoms with Crippen LogP contribution in [0.2, 0.25) is 0 Å². The Morgan fingerprint density at radius 3 is 2.43 bits per heavy atom. The summed E-state index contributed by atoms with van der Waals surface area (Å²) in [5.74, 6) is 0.450. The quantitative estimate of drug-likeness (QED) is 0.727. The highest BCUT2D eigenvalue weighted by molar-refractivity contribution is 7.80. The van der Waals surface area contributed by atoms with Crippen molar-refractivity contribution in [3.05, 3.63) is 24.3 Å². The molecule has 0 aromatic heterocycles. The summed E-state index contributed by atoms with van der Waals surface area (Å²) in [5.41, 5.74) is 0.835. The number of nitrogens with one attached hydrogen (secondary N) is 3. The van der Waals surface area contributed by atoms with Crippen molar-refractivity contribution < 1.29 is 9.53 Å². The van der Waals surface area contributed by atoms with Gasteiger partial charge in [-0.05, 0) is 50.0 Å². The number of carbonyl (C=O) groups is 1. The zero-order chi connectivity index (χ0) is 17.7. The van der Waals surface area contributed by atoms with Gasteiger partial charge >= 0.3 is 6.09 Å². The van der Waals surface area contributed by atoms with Crippen molar-refractivity contribution in [2.75, 3.05) is 12.4 Å². The number of benzene rings is 1. The van der Waals surface area contributed by atoms with Gasteiger partial charge in [0.2, 0.25) is 0 Å². The van der Waals surface area contributed by atoms with E-state index in [0.717, 1.165) is 12.1 Å². The number of ether oxygens (including phenoxy) is 1. The third kappa shape index (κ3) is 7.83. The van der Waals surface area contributed by atoms with Gasteiger partial charge < -0.3 is 20.7 Å². The maximum atomic E-state index is 11.2. The molecule has 0 radical (unpaired) electrons. The van der Waals surface area contributed by atoms with Gasteiger partial charge in [-0.15, -0.1) is 0 Å². The van der Waals surface area contributed by atoms with Gasteiger partial charge in [0.05, 0.1) is 0 Å². The second-order valence-corrected chi connectivity index (χ2v) is 7.78. The van der Waals surface area contributed by atoms with E-state index in [2.05, 4.69) is 50.6 Å².